The summed E-state index contributed by atoms with van der Waals surface area (Å²) >= 11 is 0. The topological polar surface area (TPSA) is 26.0 Å². The molecule has 22 heavy (non-hydrogen) atoms. The highest BCUT2D eigenvalue weighted by Crippen LogP contribution is 2.62. The van der Waals surface area contributed by atoms with Crippen molar-refractivity contribution >= 4 is 5.69 Å². The number of rotatable bonds is 0. The van der Waals surface area contributed by atoms with E-state index in [4.69, 9.17) is 5.73 Å². The van der Waals surface area contributed by atoms with Crippen molar-refractivity contribution in [3.8, 4) is 0 Å². The lowest BCUT2D eigenvalue weighted by Gasteiger charge is -2.49. The first-order chi connectivity index (χ1) is 10.5. The summed E-state index contributed by atoms with van der Waals surface area (Å²) in [5, 5.41) is 0. The van der Waals surface area contributed by atoms with Crippen LogP contribution in [0.2, 0.25) is 0 Å². The van der Waals surface area contributed by atoms with Gasteiger partial charge in [0.05, 0.1) is 0 Å². The average molecular weight is 295 g/mol. The molecular weight excluding hydrogens is 266 g/mol. The van der Waals surface area contributed by atoms with Crippen molar-refractivity contribution < 1.29 is 0 Å². The van der Waals surface area contributed by atoms with E-state index >= 15 is 0 Å². The van der Waals surface area contributed by atoms with Crippen LogP contribution in [0, 0.1) is 24.2 Å². The van der Waals surface area contributed by atoms with Crippen LogP contribution in [0.15, 0.2) is 23.8 Å². The molecule has 0 amide bonds. The lowest BCUT2D eigenvalue weighted by atomic mass is 9.55. The second kappa shape index (κ2) is 4.88. The van der Waals surface area contributed by atoms with Crippen LogP contribution in [0.3, 0.4) is 0 Å². The summed E-state index contributed by atoms with van der Waals surface area (Å²) in [4.78, 5) is 0. The van der Waals surface area contributed by atoms with Gasteiger partial charge < -0.3 is 5.73 Å². The Kier molecular flexibility index (Phi) is 3.18. The molecule has 4 rings (SSSR count). The van der Waals surface area contributed by atoms with Crippen molar-refractivity contribution in [3.05, 3.63) is 40.5 Å². The smallest absolute Gasteiger partial charge is 0.0346 e. The van der Waals surface area contributed by atoms with Crippen LogP contribution in [0.1, 0.15) is 68.6 Å². The Labute approximate surface area is 135 Å². The largest absolute Gasteiger partial charge is 0.399 e. The Hall–Kier alpha value is -1.24. The van der Waals surface area contributed by atoms with Gasteiger partial charge in [0, 0.05) is 5.69 Å². The molecule has 118 valence electrons. The maximum absolute atomic E-state index is 6.15. The number of nitrogen functional groups attached to an aromatic ring is 1. The van der Waals surface area contributed by atoms with Crippen LogP contribution in [0.5, 0.6) is 0 Å². The van der Waals surface area contributed by atoms with Crippen LogP contribution < -0.4 is 5.73 Å². The maximum atomic E-state index is 6.15. The molecule has 4 atom stereocenters. The van der Waals surface area contributed by atoms with Gasteiger partial charge in [-0.2, -0.15) is 0 Å². The molecular formula is C21H29N. The Bertz CT molecular complexity index is 642. The molecule has 3 aliphatic rings. The molecule has 1 heteroatoms. The summed E-state index contributed by atoms with van der Waals surface area (Å²) in [5.74, 6) is 2.59. The Morgan fingerprint density at radius 3 is 2.77 bits per heavy atom. The number of fused-ring (bicyclic) bond motifs is 5. The number of hydrogen-bond acceptors (Lipinski definition) is 1. The van der Waals surface area contributed by atoms with Gasteiger partial charge >= 0.3 is 0 Å². The molecule has 0 heterocycles. The molecule has 3 unspecified atom stereocenters. The summed E-state index contributed by atoms with van der Waals surface area (Å²) in [6.45, 7) is 6.97. The fourth-order valence-corrected chi connectivity index (χ4v) is 6.08. The summed E-state index contributed by atoms with van der Waals surface area (Å²) in [7, 11) is 0. The second-order valence-electron chi connectivity index (χ2n) is 8.13. The van der Waals surface area contributed by atoms with Crippen molar-refractivity contribution in [1.29, 1.82) is 0 Å². The number of aryl methyl sites for hydroxylation is 2. The SMILES string of the molecule is CC=C1CCC2C3CCc4cc(N)c(C)cc4C3CC[C@]12C. The summed E-state index contributed by atoms with van der Waals surface area (Å²) in [6, 6.07) is 4.68. The number of allylic oxidation sites excluding steroid dienone is 2. The first-order valence-corrected chi connectivity index (χ1v) is 9.09. The minimum Gasteiger partial charge on any atom is -0.399 e. The van der Waals surface area contributed by atoms with Crippen molar-refractivity contribution in [2.75, 3.05) is 5.73 Å². The fraction of sp³-hybridized carbons (Fsp3) is 0.619. The molecule has 0 spiro atoms. The van der Waals surface area contributed by atoms with E-state index in [2.05, 4.69) is 39.0 Å². The van der Waals surface area contributed by atoms with E-state index in [0.29, 0.717) is 5.41 Å². The van der Waals surface area contributed by atoms with Gasteiger partial charge in [-0.1, -0.05) is 24.6 Å². The van der Waals surface area contributed by atoms with Crippen LogP contribution >= 0.6 is 0 Å². The molecule has 2 N–H and O–H groups in total. The minimum absolute atomic E-state index is 0.496. The normalized spacial score (nSPS) is 38.5. The molecule has 0 bridgehead atoms. The van der Waals surface area contributed by atoms with Gasteiger partial charge in [-0.05, 0) is 98.3 Å². The van der Waals surface area contributed by atoms with Crippen molar-refractivity contribution in [1.82, 2.24) is 0 Å². The van der Waals surface area contributed by atoms with Crippen LogP contribution in [-0.2, 0) is 6.42 Å². The van der Waals surface area contributed by atoms with Gasteiger partial charge in [0.1, 0.15) is 0 Å². The molecule has 3 aliphatic carbocycles. The third kappa shape index (κ3) is 1.84. The highest BCUT2D eigenvalue weighted by molar-refractivity contribution is 5.53. The molecule has 0 radical (unpaired) electrons. The molecule has 1 aromatic rings. The lowest BCUT2D eigenvalue weighted by Crippen LogP contribution is -2.40. The summed E-state index contributed by atoms with van der Waals surface area (Å²) < 4.78 is 0. The van der Waals surface area contributed by atoms with Crippen molar-refractivity contribution in [2.24, 2.45) is 17.3 Å². The van der Waals surface area contributed by atoms with Gasteiger partial charge in [0.25, 0.3) is 0 Å². The maximum Gasteiger partial charge on any atom is 0.0346 e. The minimum atomic E-state index is 0.496. The van der Waals surface area contributed by atoms with Gasteiger partial charge in [0.2, 0.25) is 0 Å². The summed E-state index contributed by atoms with van der Waals surface area (Å²) in [5.41, 5.74) is 13.8. The third-order valence-corrected chi connectivity index (χ3v) is 7.31. The molecule has 1 nitrogen and oxygen atoms in total. The zero-order chi connectivity index (χ0) is 15.5. The van der Waals surface area contributed by atoms with Gasteiger partial charge in [-0.25, -0.2) is 0 Å². The van der Waals surface area contributed by atoms with Gasteiger partial charge in [-0.3, -0.25) is 0 Å². The van der Waals surface area contributed by atoms with E-state index in [1.54, 1.807) is 11.1 Å². The zero-order valence-electron chi connectivity index (χ0n) is 14.3. The number of hydrogen-bond donors (Lipinski definition) is 1. The molecule has 1 aromatic carbocycles. The van der Waals surface area contributed by atoms with E-state index in [0.717, 1.165) is 23.4 Å². The third-order valence-electron chi connectivity index (χ3n) is 7.31. The van der Waals surface area contributed by atoms with Crippen molar-refractivity contribution in [2.45, 2.75) is 65.2 Å². The molecule has 2 saturated carbocycles. The predicted octanol–water partition coefficient (Wildman–Crippen LogP) is 5.38. The van der Waals surface area contributed by atoms with E-state index in [1.165, 1.54) is 49.7 Å². The van der Waals surface area contributed by atoms with Crippen molar-refractivity contribution in [3.63, 3.8) is 0 Å². The Morgan fingerprint density at radius 1 is 1.18 bits per heavy atom. The van der Waals surface area contributed by atoms with E-state index in [-0.39, 0.29) is 0 Å². The van der Waals surface area contributed by atoms with Gasteiger partial charge in [0.15, 0.2) is 0 Å². The van der Waals surface area contributed by atoms with Crippen LogP contribution in [0.4, 0.5) is 5.69 Å². The molecule has 0 aromatic heterocycles. The number of anilines is 1. The zero-order valence-corrected chi connectivity index (χ0v) is 14.3. The monoisotopic (exact) mass is 295 g/mol. The molecule has 0 aliphatic heterocycles. The molecule has 0 saturated heterocycles. The number of benzene rings is 1. The van der Waals surface area contributed by atoms with E-state index < -0.39 is 0 Å². The molecule has 2 fully saturated rings. The predicted molar refractivity (Wildman–Crippen MR) is 94.0 cm³/mol. The quantitative estimate of drug-likeness (QED) is 0.504. The average Bonchev–Trinajstić information content (AvgIpc) is 2.85. The van der Waals surface area contributed by atoms with Crippen LogP contribution in [0.25, 0.3) is 0 Å². The lowest BCUT2D eigenvalue weighted by molar-refractivity contribution is 0.0813. The first-order valence-electron chi connectivity index (χ1n) is 9.09. The summed E-state index contributed by atoms with van der Waals surface area (Å²) in [6.07, 6.45) is 10.5. The highest BCUT2D eigenvalue weighted by Gasteiger charge is 2.52. The van der Waals surface area contributed by atoms with E-state index in [1.807, 2.05) is 0 Å². The fourth-order valence-electron chi connectivity index (χ4n) is 6.08. The van der Waals surface area contributed by atoms with Gasteiger partial charge in [-0.15, -0.1) is 0 Å². The van der Waals surface area contributed by atoms with E-state index in [9.17, 15) is 0 Å². The second-order valence-corrected chi connectivity index (χ2v) is 8.13. The van der Waals surface area contributed by atoms with Crippen LogP contribution in [-0.4, -0.2) is 0 Å². The highest BCUT2D eigenvalue weighted by atomic mass is 14.6. The Morgan fingerprint density at radius 2 is 2.00 bits per heavy atom. The standard InChI is InChI=1S/C21H29N/c1-4-15-6-8-19-17-7-5-14-12-20(22)13(2)11-18(14)16(17)9-10-21(15,19)3/h4,11-12,16-17,19H,5-10,22H2,1-3H3/t16?,17?,19?,21-/m1/s1. The number of nitrogens with two attached hydrogens (primary N) is 1. The Balaban J connectivity index is 1.73. The first kappa shape index (κ1) is 14.4.